The molecule has 0 radical (unpaired) electrons. The van der Waals surface area contributed by atoms with E-state index in [9.17, 15) is 0 Å². The topological polar surface area (TPSA) is 33.6 Å². The summed E-state index contributed by atoms with van der Waals surface area (Å²) in [7, 11) is 0. The standard InChI is InChI=1S/C14H16N2O/c1-9-15-8-11-13(16-9)10-6-4-5-7-12(10)17-14(11,2)3/h4-7H,8H2,1-3H3,(H,15,16). The Morgan fingerprint density at radius 1 is 1.29 bits per heavy atom. The Labute approximate surface area is 101 Å². The molecule has 3 rings (SSSR count). The van der Waals surface area contributed by atoms with Gasteiger partial charge in [-0.25, -0.2) is 0 Å². The first-order valence-electron chi connectivity index (χ1n) is 5.88. The molecule has 2 aliphatic heterocycles. The number of amidine groups is 1. The molecule has 0 saturated heterocycles. The van der Waals surface area contributed by atoms with Gasteiger partial charge in [-0.05, 0) is 32.9 Å². The molecule has 2 heterocycles. The number of nitrogens with zero attached hydrogens (tertiary/aromatic N) is 1. The van der Waals surface area contributed by atoms with Crippen LogP contribution in [0.3, 0.4) is 0 Å². The Balaban J connectivity index is 2.19. The Kier molecular flexibility index (Phi) is 2.05. The molecule has 0 unspecified atom stereocenters. The molecule has 0 spiro atoms. The van der Waals surface area contributed by atoms with E-state index in [1.165, 1.54) is 11.3 Å². The number of benzene rings is 1. The van der Waals surface area contributed by atoms with E-state index in [1.54, 1.807) is 0 Å². The van der Waals surface area contributed by atoms with Crippen molar-refractivity contribution in [2.75, 3.05) is 6.54 Å². The van der Waals surface area contributed by atoms with Crippen LogP contribution in [0.15, 0.2) is 34.8 Å². The molecule has 0 aliphatic carbocycles. The summed E-state index contributed by atoms with van der Waals surface area (Å²) < 4.78 is 6.06. The van der Waals surface area contributed by atoms with Gasteiger partial charge in [0.25, 0.3) is 0 Å². The largest absolute Gasteiger partial charge is 0.483 e. The Bertz CT molecular complexity index is 541. The van der Waals surface area contributed by atoms with Crippen molar-refractivity contribution in [1.29, 1.82) is 0 Å². The summed E-state index contributed by atoms with van der Waals surface area (Å²) in [5.74, 6) is 1.91. The third-order valence-electron chi connectivity index (χ3n) is 3.33. The molecule has 0 aromatic heterocycles. The number of hydrogen-bond acceptors (Lipinski definition) is 3. The molecule has 0 bridgehead atoms. The molecule has 17 heavy (non-hydrogen) atoms. The lowest BCUT2D eigenvalue weighted by atomic mass is 9.88. The molecule has 3 nitrogen and oxygen atoms in total. The average molecular weight is 228 g/mol. The number of ether oxygens (including phenoxy) is 1. The van der Waals surface area contributed by atoms with Gasteiger partial charge in [-0.2, -0.15) is 0 Å². The molecular formula is C14H16N2O. The van der Waals surface area contributed by atoms with Crippen LogP contribution in [0.2, 0.25) is 0 Å². The summed E-state index contributed by atoms with van der Waals surface area (Å²) in [5.41, 5.74) is 3.24. The van der Waals surface area contributed by atoms with Crippen LogP contribution in [0.25, 0.3) is 5.70 Å². The fourth-order valence-corrected chi connectivity index (χ4v) is 2.39. The highest BCUT2D eigenvalue weighted by Crippen LogP contribution is 2.40. The number of aliphatic imine (C=N–C) groups is 1. The minimum atomic E-state index is -0.291. The van der Waals surface area contributed by atoms with Gasteiger partial charge in [0, 0.05) is 11.1 Å². The summed E-state index contributed by atoms with van der Waals surface area (Å²) in [6.45, 7) is 6.90. The van der Waals surface area contributed by atoms with Crippen LogP contribution in [0.1, 0.15) is 26.3 Å². The lowest BCUT2D eigenvalue weighted by Gasteiger charge is -2.38. The highest BCUT2D eigenvalue weighted by atomic mass is 16.5. The van der Waals surface area contributed by atoms with E-state index in [2.05, 4.69) is 30.2 Å². The summed E-state index contributed by atoms with van der Waals surface area (Å²) in [6, 6.07) is 8.15. The van der Waals surface area contributed by atoms with Gasteiger partial charge < -0.3 is 10.1 Å². The van der Waals surface area contributed by atoms with E-state index in [1.807, 2.05) is 25.1 Å². The van der Waals surface area contributed by atoms with Crippen LogP contribution in [-0.2, 0) is 0 Å². The van der Waals surface area contributed by atoms with E-state index < -0.39 is 0 Å². The van der Waals surface area contributed by atoms with Crippen molar-refractivity contribution < 1.29 is 4.74 Å². The minimum Gasteiger partial charge on any atom is -0.483 e. The van der Waals surface area contributed by atoms with Gasteiger partial charge in [0.15, 0.2) is 0 Å². The highest BCUT2D eigenvalue weighted by Gasteiger charge is 2.36. The maximum atomic E-state index is 6.06. The maximum absolute atomic E-state index is 6.06. The Morgan fingerprint density at radius 3 is 2.88 bits per heavy atom. The Hall–Kier alpha value is -1.77. The third kappa shape index (κ3) is 1.54. The summed E-state index contributed by atoms with van der Waals surface area (Å²) >= 11 is 0. The van der Waals surface area contributed by atoms with Gasteiger partial charge in [-0.15, -0.1) is 0 Å². The fraction of sp³-hybridized carbons (Fsp3) is 0.357. The quantitative estimate of drug-likeness (QED) is 0.740. The van der Waals surface area contributed by atoms with Gasteiger partial charge in [0.05, 0.1) is 18.1 Å². The van der Waals surface area contributed by atoms with E-state index in [4.69, 9.17) is 4.74 Å². The summed E-state index contributed by atoms with van der Waals surface area (Å²) in [5, 5.41) is 3.38. The second kappa shape index (κ2) is 3.36. The first-order chi connectivity index (χ1) is 8.08. The van der Waals surface area contributed by atoms with Crippen LogP contribution < -0.4 is 10.1 Å². The zero-order valence-corrected chi connectivity index (χ0v) is 10.4. The number of nitrogens with one attached hydrogen (secondary N) is 1. The van der Waals surface area contributed by atoms with Crippen molar-refractivity contribution in [2.24, 2.45) is 4.99 Å². The van der Waals surface area contributed by atoms with Gasteiger partial charge in [0.1, 0.15) is 11.4 Å². The van der Waals surface area contributed by atoms with Crippen molar-refractivity contribution in [1.82, 2.24) is 5.32 Å². The van der Waals surface area contributed by atoms with Crippen molar-refractivity contribution in [3.63, 3.8) is 0 Å². The van der Waals surface area contributed by atoms with Crippen LogP contribution in [0.5, 0.6) is 5.75 Å². The predicted octanol–water partition coefficient (Wildman–Crippen LogP) is 2.59. The summed E-state index contributed by atoms with van der Waals surface area (Å²) in [6.07, 6.45) is 0. The maximum Gasteiger partial charge on any atom is 0.129 e. The van der Waals surface area contributed by atoms with Crippen molar-refractivity contribution in [3.8, 4) is 5.75 Å². The SMILES string of the molecule is CC1=NCC2=C(N1)c1ccccc1OC2(C)C. The fourth-order valence-electron chi connectivity index (χ4n) is 2.39. The van der Waals surface area contributed by atoms with Gasteiger partial charge in [0.2, 0.25) is 0 Å². The average Bonchev–Trinajstić information content (AvgIpc) is 2.28. The van der Waals surface area contributed by atoms with Gasteiger partial charge >= 0.3 is 0 Å². The molecule has 2 aliphatic rings. The lowest BCUT2D eigenvalue weighted by Crippen LogP contribution is -2.41. The molecule has 88 valence electrons. The van der Waals surface area contributed by atoms with Crippen LogP contribution in [-0.4, -0.2) is 18.0 Å². The molecule has 1 N–H and O–H groups in total. The number of rotatable bonds is 0. The second-order valence-corrected chi connectivity index (χ2v) is 4.99. The first-order valence-corrected chi connectivity index (χ1v) is 5.88. The van der Waals surface area contributed by atoms with E-state index in [0.29, 0.717) is 0 Å². The molecule has 0 saturated carbocycles. The number of para-hydroxylation sites is 1. The number of hydrogen-bond donors (Lipinski definition) is 1. The highest BCUT2D eigenvalue weighted by molar-refractivity contribution is 5.93. The lowest BCUT2D eigenvalue weighted by molar-refractivity contribution is 0.142. The molecule has 0 atom stereocenters. The predicted molar refractivity (Wildman–Crippen MR) is 69.2 cm³/mol. The third-order valence-corrected chi connectivity index (χ3v) is 3.33. The molecule has 0 fully saturated rings. The normalized spacial score (nSPS) is 20.8. The molecule has 0 amide bonds. The molecular weight excluding hydrogens is 212 g/mol. The first kappa shape index (κ1) is 10.4. The molecule has 1 aromatic carbocycles. The molecule has 3 heteroatoms. The van der Waals surface area contributed by atoms with Crippen molar-refractivity contribution >= 4 is 11.5 Å². The van der Waals surface area contributed by atoms with Gasteiger partial charge in [-0.3, -0.25) is 4.99 Å². The zero-order valence-electron chi connectivity index (χ0n) is 10.4. The van der Waals surface area contributed by atoms with E-state index >= 15 is 0 Å². The Morgan fingerprint density at radius 2 is 2.06 bits per heavy atom. The monoisotopic (exact) mass is 228 g/mol. The van der Waals surface area contributed by atoms with E-state index in [-0.39, 0.29) is 5.60 Å². The van der Waals surface area contributed by atoms with E-state index in [0.717, 1.165) is 23.7 Å². The second-order valence-electron chi connectivity index (χ2n) is 4.99. The van der Waals surface area contributed by atoms with Crippen LogP contribution in [0.4, 0.5) is 0 Å². The van der Waals surface area contributed by atoms with Crippen molar-refractivity contribution in [2.45, 2.75) is 26.4 Å². The summed E-state index contributed by atoms with van der Waals surface area (Å²) in [4.78, 5) is 4.45. The van der Waals surface area contributed by atoms with Crippen LogP contribution in [0, 0.1) is 0 Å². The zero-order chi connectivity index (χ0) is 12.0. The number of fused-ring (bicyclic) bond motifs is 2. The minimum absolute atomic E-state index is 0.291. The smallest absolute Gasteiger partial charge is 0.129 e. The van der Waals surface area contributed by atoms with Crippen molar-refractivity contribution in [3.05, 3.63) is 35.4 Å². The molecule has 1 aromatic rings. The van der Waals surface area contributed by atoms with Gasteiger partial charge in [-0.1, -0.05) is 12.1 Å². The van der Waals surface area contributed by atoms with Crippen LogP contribution >= 0.6 is 0 Å².